The van der Waals surface area contributed by atoms with Crippen molar-refractivity contribution < 1.29 is 0 Å². The first-order valence-corrected chi connectivity index (χ1v) is 6.18. The van der Waals surface area contributed by atoms with Crippen LogP contribution in [0, 0.1) is 12.3 Å². The SMILES string of the molecule is Cc1cc(-c2cc[nH]c2)nc(CC(C)(C)CN)n1. The lowest BCUT2D eigenvalue weighted by Gasteiger charge is -2.21. The van der Waals surface area contributed by atoms with Crippen molar-refractivity contribution in [2.75, 3.05) is 6.54 Å². The second-order valence-electron chi connectivity index (χ2n) is 5.46. The molecule has 0 saturated carbocycles. The Morgan fingerprint density at radius 1 is 1.33 bits per heavy atom. The van der Waals surface area contributed by atoms with E-state index in [2.05, 4.69) is 28.8 Å². The van der Waals surface area contributed by atoms with Crippen molar-refractivity contribution in [2.24, 2.45) is 11.1 Å². The van der Waals surface area contributed by atoms with Gasteiger partial charge >= 0.3 is 0 Å². The molecule has 0 amide bonds. The second-order valence-corrected chi connectivity index (χ2v) is 5.46. The molecule has 0 aliphatic carbocycles. The minimum absolute atomic E-state index is 0.0310. The van der Waals surface area contributed by atoms with Gasteiger partial charge in [-0.05, 0) is 31.0 Å². The van der Waals surface area contributed by atoms with Crippen LogP contribution in [0.15, 0.2) is 24.5 Å². The molecule has 2 aromatic rings. The number of nitrogens with zero attached hydrogens (tertiary/aromatic N) is 2. The van der Waals surface area contributed by atoms with Gasteiger partial charge in [-0.3, -0.25) is 0 Å². The summed E-state index contributed by atoms with van der Waals surface area (Å²) in [6.45, 7) is 6.89. The van der Waals surface area contributed by atoms with Crippen LogP contribution >= 0.6 is 0 Å². The Labute approximate surface area is 108 Å². The summed E-state index contributed by atoms with van der Waals surface area (Å²) in [6, 6.07) is 4.02. The third-order valence-electron chi connectivity index (χ3n) is 2.98. The molecule has 4 heteroatoms. The fraction of sp³-hybridized carbons (Fsp3) is 0.429. The summed E-state index contributed by atoms with van der Waals surface area (Å²) < 4.78 is 0. The first-order valence-electron chi connectivity index (χ1n) is 6.18. The van der Waals surface area contributed by atoms with Crippen molar-refractivity contribution >= 4 is 0 Å². The lowest BCUT2D eigenvalue weighted by atomic mass is 9.89. The number of aryl methyl sites for hydroxylation is 1. The molecule has 3 N–H and O–H groups in total. The van der Waals surface area contributed by atoms with Gasteiger partial charge < -0.3 is 10.7 Å². The quantitative estimate of drug-likeness (QED) is 0.867. The van der Waals surface area contributed by atoms with Crippen LogP contribution in [0.3, 0.4) is 0 Å². The van der Waals surface area contributed by atoms with Gasteiger partial charge in [0.25, 0.3) is 0 Å². The van der Waals surface area contributed by atoms with Crippen LogP contribution in [0.25, 0.3) is 11.3 Å². The van der Waals surface area contributed by atoms with Gasteiger partial charge in [0.05, 0.1) is 5.69 Å². The van der Waals surface area contributed by atoms with E-state index < -0.39 is 0 Å². The Hall–Kier alpha value is -1.68. The van der Waals surface area contributed by atoms with Crippen molar-refractivity contribution in [2.45, 2.75) is 27.2 Å². The molecule has 0 aliphatic rings. The molecule has 18 heavy (non-hydrogen) atoms. The Morgan fingerprint density at radius 3 is 2.72 bits per heavy atom. The molecule has 0 aliphatic heterocycles. The summed E-state index contributed by atoms with van der Waals surface area (Å²) in [5.74, 6) is 0.863. The average molecular weight is 244 g/mol. The maximum Gasteiger partial charge on any atom is 0.129 e. The highest BCUT2D eigenvalue weighted by Gasteiger charge is 2.18. The van der Waals surface area contributed by atoms with Gasteiger partial charge in [-0.25, -0.2) is 9.97 Å². The summed E-state index contributed by atoms with van der Waals surface area (Å²) in [5.41, 5.74) is 8.84. The maximum absolute atomic E-state index is 5.76. The summed E-state index contributed by atoms with van der Waals surface area (Å²) in [4.78, 5) is 12.2. The van der Waals surface area contributed by atoms with Gasteiger partial charge in [0.15, 0.2) is 0 Å². The first kappa shape index (κ1) is 12.8. The van der Waals surface area contributed by atoms with E-state index in [0.717, 1.165) is 29.2 Å². The highest BCUT2D eigenvalue weighted by molar-refractivity contribution is 5.58. The molecule has 4 nitrogen and oxygen atoms in total. The van der Waals surface area contributed by atoms with Gasteiger partial charge in [-0.1, -0.05) is 13.8 Å². The molecule has 0 unspecified atom stereocenters. The van der Waals surface area contributed by atoms with Gasteiger partial charge in [-0.15, -0.1) is 0 Å². The van der Waals surface area contributed by atoms with Gasteiger partial charge in [0, 0.05) is 30.1 Å². The summed E-state index contributed by atoms with van der Waals surface area (Å²) in [7, 11) is 0. The van der Waals surface area contributed by atoms with Gasteiger partial charge in [-0.2, -0.15) is 0 Å². The minimum Gasteiger partial charge on any atom is -0.367 e. The van der Waals surface area contributed by atoms with Crippen molar-refractivity contribution in [3.63, 3.8) is 0 Å². The van der Waals surface area contributed by atoms with Crippen molar-refractivity contribution in [3.05, 3.63) is 36.0 Å². The lowest BCUT2D eigenvalue weighted by Crippen LogP contribution is -2.27. The smallest absolute Gasteiger partial charge is 0.129 e. The average Bonchev–Trinajstić information content (AvgIpc) is 2.81. The van der Waals surface area contributed by atoms with E-state index in [4.69, 9.17) is 5.73 Å². The molecule has 0 fully saturated rings. The van der Waals surface area contributed by atoms with E-state index in [1.807, 2.05) is 31.5 Å². The fourth-order valence-corrected chi connectivity index (χ4v) is 1.84. The molecule has 0 bridgehead atoms. The zero-order valence-electron chi connectivity index (χ0n) is 11.2. The number of nitrogens with one attached hydrogen (secondary N) is 1. The third kappa shape index (κ3) is 2.96. The predicted octanol–water partition coefficient (Wildman–Crippen LogP) is 2.31. The molecular weight excluding hydrogens is 224 g/mol. The molecule has 0 spiro atoms. The van der Waals surface area contributed by atoms with Crippen molar-refractivity contribution in [3.8, 4) is 11.3 Å². The Kier molecular flexibility index (Phi) is 3.48. The van der Waals surface area contributed by atoms with E-state index in [1.165, 1.54) is 0 Å². The molecule has 0 radical (unpaired) electrons. The predicted molar refractivity (Wildman–Crippen MR) is 73.1 cm³/mol. The lowest BCUT2D eigenvalue weighted by molar-refractivity contribution is 0.367. The summed E-state index contributed by atoms with van der Waals surface area (Å²) in [6.07, 6.45) is 4.64. The number of hydrogen-bond donors (Lipinski definition) is 2. The summed E-state index contributed by atoms with van der Waals surface area (Å²) in [5, 5.41) is 0. The number of rotatable bonds is 4. The number of hydrogen-bond acceptors (Lipinski definition) is 3. The molecule has 0 aromatic carbocycles. The number of aromatic nitrogens is 3. The highest BCUT2D eigenvalue weighted by Crippen LogP contribution is 2.21. The Balaban J connectivity index is 2.33. The zero-order valence-corrected chi connectivity index (χ0v) is 11.2. The van der Waals surface area contributed by atoms with Crippen LogP contribution in [-0.2, 0) is 6.42 Å². The monoisotopic (exact) mass is 244 g/mol. The van der Waals surface area contributed by atoms with E-state index in [1.54, 1.807) is 0 Å². The number of aromatic amines is 1. The van der Waals surface area contributed by atoms with Crippen LogP contribution in [0.1, 0.15) is 25.4 Å². The van der Waals surface area contributed by atoms with E-state index in [0.29, 0.717) is 6.54 Å². The van der Waals surface area contributed by atoms with Crippen LogP contribution in [0.5, 0.6) is 0 Å². The summed E-state index contributed by atoms with van der Waals surface area (Å²) >= 11 is 0. The Morgan fingerprint density at radius 2 is 2.11 bits per heavy atom. The molecule has 2 aromatic heterocycles. The van der Waals surface area contributed by atoms with Crippen LogP contribution in [-0.4, -0.2) is 21.5 Å². The standard InChI is InChI=1S/C14H20N4/c1-10-6-12(11-4-5-16-8-11)18-13(17-10)7-14(2,3)9-15/h4-6,8,16H,7,9,15H2,1-3H3. The first-order chi connectivity index (χ1) is 8.50. The van der Waals surface area contributed by atoms with Crippen LogP contribution < -0.4 is 5.73 Å². The molecular formula is C14H20N4. The molecule has 2 rings (SSSR count). The molecule has 2 heterocycles. The van der Waals surface area contributed by atoms with Gasteiger partial charge in [0.1, 0.15) is 5.82 Å². The number of nitrogens with two attached hydrogens (primary N) is 1. The topological polar surface area (TPSA) is 67.6 Å². The minimum atomic E-state index is 0.0310. The van der Waals surface area contributed by atoms with E-state index in [-0.39, 0.29) is 5.41 Å². The second kappa shape index (κ2) is 4.90. The maximum atomic E-state index is 5.76. The van der Waals surface area contributed by atoms with E-state index in [9.17, 15) is 0 Å². The van der Waals surface area contributed by atoms with Crippen LogP contribution in [0.4, 0.5) is 0 Å². The van der Waals surface area contributed by atoms with Crippen molar-refractivity contribution in [1.29, 1.82) is 0 Å². The Bertz CT molecular complexity index is 515. The highest BCUT2D eigenvalue weighted by atomic mass is 14.9. The van der Waals surface area contributed by atoms with Crippen LogP contribution in [0.2, 0.25) is 0 Å². The molecule has 96 valence electrons. The molecule has 0 saturated heterocycles. The third-order valence-corrected chi connectivity index (χ3v) is 2.98. The van der Waals surface area contributed by atoms with E-state index >= 15 is 0 Å². The van der Waals surface area contributed by atoms with Crippen molar-refractivity contribution in [1.82, 2.24) is 15.0 Å². The van der Waals surface area contributed by atoms with Gasteiger partial charge in [0.2, 0.25) is 0 Å². The largest absolute Gasteiger partial charge is 0.367 e. The zero-order chi connectivity index (χ0) is 13.2. The fourth-order valence-electron chi connectivity index (χ4n) is 1.84. The number of H-pyrrole nitrogens is 1. The molecule has 0 atom stereocenters. The normalized spacial score (nSPS) is 11.8.